The van der Waals surface area contributed by atoms with E-state index >= 15 is 0 Å². The second kappa shape index (κ2) is 7.75. The van der Waals surface area contributed by atoms with Crippen LogP contribution in [0, 0.1) is 11.2 Å². The molecule has 0 aromatic heterocycles. The number of ether oxygens (including phenoxy) is 1. The molecular formula is C18H25FN2O3. The van der Waals surface area contributed by atoms with E-state index in [-0.39, 0.29) is 29.5 Å². The lowest BCUT2D eigenvalue weighted by Gasteiger charge is -2.35. The maximum Gasteiger partial charge on any atom is 0.260 e. The number of Topliss-reactive ketones (excluding diaryl/α,β-unsaturated/α-hetero) is 1. The van der Waals surface area contributed by atoms with Crippen LogP contribution in [0.3, 0.4) is 0 Å². The minimum atomic E-state index is -0.476. The Morgan fingerprint density at radius 1 is 1.12 bits per heavy atom. The van der Waals surface area contributed by atoms with Crippen molar-refractivity contribution in [2.75, 3.05) is 39.3 Å². The molecule has 0 radical (unpaired) electrons. The normalized spacial score (nSPS) is 16.1. The van der Waals surface area contributed by atoms with Crippen LogP contribution in [0.25, 0.3) is 0 Å². The third kappa shape index (κ3) is 5.03. The van der Waals surface area contributed by atoms with Crippen LogP contribution in [0.2, 0.25) is 0 Å². The van der Waals surface area contributed by atoms with Crippen molar-refractivity contribution in [3.8, 4) is 5.75 Å². The Morgan fingerprint density at radius 3 is 2.33 bits per heavy atom. The molecule has 1 fully saturated rings. The van der Waals surface area contributed by atoms with Crippen molar-refractivity contribution >= 4 is 11.7 Å². The molecule has 1 aliphatic heterocycles. The number of halogens is 1. The Morgan fingerprint density at radius 2 is 1.75 bits per heavy atom. The highest BCUT2D eigenvalue weighted by atomic mass is 19.1. The van der Waals surface area contributed by atoms with Crippen molar-refractivity contribution in [3.05, 3.63) is 30.1 Å². The van der Waals surface area contributed by atoms with Gasteiger partial charge in [0.25, 0.3) is 5.91 Å². The summed E-state index contributed by atoms with van der Waals surface area (Å²) in [6.45, 7) is 8.40. The third-order valence-corrected chi connectivity index (χ3v) is 4.12. The first kappa shape index (κ1) is 18.4. The van der Waals surface area contributed by atoms with Crippen molar-refractivity contribution in [3.63, 3.8) is 0 Å². The molecule has 0 aliphatic carbocycles. The summed E-state index contributed by atoms with van der Waals surface area (Å²) in [6.07, 6.45) is 0. The fourth-order valence-corrected chi connectivity index (χ4v) is 2.39. The van der Waals surface area contributed by atoms with E-state index in [1.165, 1.54) is 12.1 Å². The molecule has 0 saturated carbocycles. The smallest absolute Gasteiger partial charge is 0.260 e. The number of nitrogens with zero attached hydrogens (tertiary/aromatic N) is 2. The molecule has 6 heteroatoms. The van der Waals surface area contributed by atoms with Gasteiger partial charge >= 0.3 is 0 Å². The quantitative estimate of drug-likeness (QED) is 0.825. The van der Waals surface area contributed by atoms with Crippen LogP contribution in [-0.2, 0) is 9.59 Å². The Bertz CT molecular complexity index is 590. The number of rotatable bonds is 5. The minimum absolute atomic E-state index is 0.0836. The first-order valence-corrected chi connectivity index (χ1v) is 8.18. The number of carbonyl (C=O) groups excluding carboxylic acids is 2. The number of para-hydroxylation sites is 1. The van der Waals surface area contributed by atoms with Gasteiger partial charge in [0.1, 0.15) is 0 Å². The lowest BCUT2D eigenvalue weighted by molar-refractivity contribution is -0.135. The van der Waals surface area contributed by atoms with Crippen molar-refractivity contribution < 1.29 is 18.7 Å². The zero-order valence-electron chi connectivity index (χ0n) is 14.5. The van der Waals surface area contributed by atoms with Gasteiger partial charge in [-0.1, -0.05) is 32.9 Å². The third-order valence-electron chi connectivity index (χ3n) is 4.12. The van der Waals surface area contributed by atoms with Gasteiger partial charge in [-0.15, -0.1) is 0 Å². The van der Waals surface area contributed by atoms with E-state index in [4.69, 9.17) is 4.74 Å². The molecule has 2 rings (SSSR count). The zero-order valence-corrected chi connectivity index (χ0v) is 14.5. The summed E-state index contributed by atoms with van der Waals surface area (Å²) < 4.78 is 18.7. The Balaban J connectivity index is 1.77. The fourth-order valence-electron chi connectivity index (χ4n) is 2.39. The molecule has 132 valence electrons. The van der Waals surface area contributed by atoms with Crippen molar-refractivity contribution in [1.29, 1.82) is 0 Å². The standard InChI is InChI=1S/C18H25FN2O3/c1-18(2,3)16(22)12-20-8-10-21(11-9-20)17(23)13-24-15-7-5-4-6-14(15)19/h4-7H,8-13H2,1-3H3. The van der Waals surface area contributed by atoms with Crippen LogP contribution in [0.15, 0.2) is 24.3 Å². The highest BCUT2D eigenvalue weighted by molar-refractivity contribution is 5.85. The number of benzene rings is 1. The number of hydrogen-bond donors (Lipinski definition) is 0. The number of hydrogen-bond acceptors (Lipinski definition) is 4. The first-order valence-electron chi connectivity index (χ1n) is 8.18. The first-order chi connectivity index (χ1) is 11.3. The van der Waals surface area contributed by atoms with Crippen LogP contribution in [-0.4, -0.2) is 60.8 Å². The molecule has 1 aromatic carbocycles. The topological polar surface area (TPSA) is 49.9 Å². The summed E-state index contributed by atoms with van der Waals surface area (Å²) in [6, 6.07) is 6.03. The Labute approximate surface area is 142 Å². The summed E-state index contributed by atoms with van der Waals surface area (Å²) in [7, 11) is 0. The predicted octanol–water partition coefficient (Wildman–Crippen LogP) is 1.96. The molecule has 5 nitrogen and oxygen atoms in total. The molecule has 0 bridgehead atoms. The number of amides is 1. The van der Waals surface area contributed by atoms with Crippen LogP contribution < -0.4 is 4.74 Å². The lowest BCUT2D eigenvalue weighted by Crippen LogP contribution is -2.51. The van der Waals surface area contributed by atoms with E-state index in [0.29, 0.717) is 32.7 Å². The maximum atomic E-state index is 13.5. The minimum Gasteiger partial charge on any atom is -0.481 e. The van der Waals surface area contributed by atoms with E-state index in [2.05, 4.69) is 4.90 Å². The van der Waals surface area contributed by atoms with Gasteiger partial charge in [0.05, 0.1) is 6.54 Å². The molecule has 1 saturated heterocycles. The number of piperazine rings is 1. The zero-order chi connectivity index (χ0) is 17.7. The summed E-state index contributed by atoms with van der Waals surface area (Å²) in [4.78, 5) is 28.0. The molecule has 1 aliphatic rings. The van der Waals surface area contributed by atoms with Crippen LogP contribution in [0.1, 0.15) is 20.8 Å². The highest BCUT2D eigenvalue weighted by Crippen LogP contribution is 2.17. The summed E-state index contributed by atoms with van der Waals surface area (Å²) in [5, 5.41) is 0. The molecule has 0 unspecified atom stereocenters. The van der Waals surface area contributed by atoms with E-state index in [1.807, 2.05) is 20.8 Å². The maximum absolute atomic E-state index is 13.5. The van der Waals surface area contributed by atoms with Gasteiger partial charge in [0.2, 0.25) is 0 Å². The van der Waals surface area contributed by atoms with Gasteiger partial charge in [-0.05, 0) is 12.1 Å². The SMILES string of the molecule is CC(C)(C)C(=O)CN1CCN(C(=O)COc2ccccc2F)CC1. The Kier molecular flexibility index (Phi) is 5.94. The average molecular weight is 336 g/mol. The average Bonchev–Trinajstić information content (AvgIpc) is 2.53. The number of ketones is 1. The lowest BCUT2D eigenvalue weighted by atomic mass is 9.90. The molecule has 1 amide bonds. The molecule has 1 aromatic rings. The summed E-state index contributed by atoms with van der Waals surface area (Å²) in [5.41, 5.74) is -0.347. The van der Waals surface area contributed by atoms with Gasteiger partial charge in [0, 0.05) is 31.6 Å². The summed E-state index contributed by atoms with van der Waals surface area (Å²) in [5.74, 6) is -0.360. The van der Waals surface area contributed by atoms with Gasteiger partial charge in [-0.2, -0.15) is 0 Å². The summed E-state index contributed by atoms with van der Waals surface area (Å²) >= 11 is 0. The van der Waals surface area contributed by atoms with Gasteiger partial charge in [0.15, 0.2) is 24.0 Å². The molecule has 24 heavy (non-hydrogen) atoms. The van der Waals surface area contributed by atoms with Gasteiger partial charge < -0.3 is 9.64 Å². The second-order valence-electron chi connectivity index (χ2n) is 7.05. The predicted molar refractivity (Wildman–Crippen MR) is 89.4 cm³/mol. The Hall–Kier alpha value is -1.95. The number of carbonyl (C=O) groups is 2. The van der Waals surface area contributed by atoms with Crippen LogP contribution in [0.5, 0.6) is 5.75 Å². The van der Waals surface area contributed by atoms with Crippen LogP contribution >= 0.6 is 0 Å². The molecule has 0 spiro atoms. The van der Waals surface area contributed by atoms with E-state index in [1.54, 1.807) is 17.0 Å². The van der Waals surface area contributed by atoms with Gasteiger partial charge in [-0.3, -0.25) is 14.5 Å². The molecule has 1 heterocycles. The fraction of sp³-hybridized carbons (Fsp3) is 0.556. The van der Waals surface area contributed by atoms with Crippen molar-refractivity contribution in [2.24, 2.45) is 5.41 Å². The largest absolute Gasteiger partial charge is 0.481 e. The monoisotopic (exact) mass is 336 g/mol. The van der Waals surface area contributed by atoms with Gasteiger partial charge in [-0.25, -0.2) is 4.39 Å². The highest BCUT2D eigenvalue weighted by Gasteiger charge is 2.27. The molecule has 0 N–H and O–H groups in total. The van der Waals surface area contributed by atoms with E-state index in [9.17, 15) is 14.0 Å². The van der Waals surface area contributed by atoms with Crippen molar-refractivity contribution in [1.82, 2.24) is 9.80 Å². The molecule has 0 atom stereocenters. The van der Waals surface area contributed by atoms with E-state index in [0.717, 1.165) is 0 Å². The van der Waals surface area contributed by atoms with Crippen LogP contribution in [0.4, 0.5) is 4.39 Å². The van der Waals surface area contributed by atoms with E-state index < -0.39 is 5.82 Å². The molecular weight excluding hydrogens is 311 g/mol. The van der Waals surface area contributed by atoms with Crippen molar-refractivity contribution in [2.45, 2.75) is 20.8 Å². The second-order valence-corrected chi connectivity index (χ2v) is 7.05.